The second-order valence-corrected chi connectivity index (χ2v) is 10.3. The first-order chi connectivity index (χ1) is 19.8. The van der Waals surface area contributed by atoms with Crippen LogP contribution in [0.15, 0.2) is 101 Å². The monoisotopic (exact) mass is 566 g/mol. The van der Waals surface area contributed by atoms with Gasteiger partial charge in [-0.05, 0) is 68.3 Å². The second-order valence-electron chi connectivity index (χ2n) is 9.32. The molecule has 0 aliphatic carbocycles. The third-order valence-electron chi connectivity index (χ3n) is 6.33. The summed E-state index contributed by atoms with van der Waals surface area (Å²) in [6, 6.07) is 25.6. The molecule has 3 aromatic rings. The molecule has 4 rings (SSSR count). The van der Waals surface area contributed by atoms with Gasteiger partial charge in [0.2, 0.25) is 5.91 Å². The first kappa shape index (κ1) is 29.2. The Morgan fingerprint density at radius 2 is 1.68 bits per heavy atom. The molecule has 0 aromatic heterocycles. The molecule has 208 valence electrons. The molecule has 1 atom stereocenters. The minimum absolute atomic E-state index is 0.0740. The van der Waals surface area contributed by atoms with Gasteiger partial charge in [-0.1, -0.05) is 54.2 Å². The number of aryl methyl sites for hydroxylation is 1. The van der Waals surface area contributed by atoms with Crippen LogP contribution < -0.4 is 16.0 Å². The van der Waals surface area contributed by atoms with E-state index in [4.69, 9.17) is 4.74 Å². The molecule has 3 N–H and O–H groups in total. The fourth-order valence-corrected chi connectivity index (χ4v) is 5.36. The molecule has 0 bridgehead atoms. The van der Waals surface area contributed by atoms with Crippen LogP contribution in [0.5, 0.6) is 0 Å². The van der Waals surface area contributed by atoms with Crippen LogP contribution in [0.25, 0.3) is 0 Å². The Morgan fingerprint density at radius 1 is 0.951 bits per heavy atom. The van der Waals surface area contributed by atoms with Crippen molar-refractivity contribution in [3.8, 4) is 6.07 Å². The lowest BCUT2D eigenvalue weighted by atomic mass is 9.82. The molecule has 0 saturated heterocycles. The number of carbonyl (C=O) groups is 3. The Balaban J connectivity index is 1.57. The van der Waals surface area contributed by atoms with Gasteiger partial charge >= 0.3 is 5.97 Å². The van der Waals surface area contributed by atoms with Gasteiger partial charge in [0.1, 0.15) is 0 Å². The lowest BCUT2D eigenvalue weighted by Gasteiger charge is -2.30. The summed E-state index contributed by atoms with van der Waals surface area (Å²) >= 11 is 1.21. The summed E-state index contributed by atoms with van der Waals surface area (Å²) in [5.74, 6) is -1.61. The average Bonchev–Trinajstić information content (AvgIpc) is 2.96. The maximum Gasteiger partial charge on any atom is 0.338 e. The average molecular weight is 567 g/mol. The van der Waals surface area contributed by atoms with Crippen molar-refractivity contribution in [2.45, 2.75) is 26.7 Å². The zero-order valence-corrected chi connectivity index (χ0v) is 23.8. The number of esters is 1. The third kappa shape index (κ3) is 7.24. The third-order valence-corrected chi connectivity index (χ3v) is 7.35. The number of carbonyl (C=O) groups excluding carboxylic acids is 3. The Morgan fingerprint density at radius 3 is 2.34 bits per heavy atom. The maximum absolute atomic E-state index is 13.6. The van der Waals surface area contributed by atoms with E-state index in [1.165, 1.54) is 11.8 Å². The van der Waals surface area contributed by atoms with Gasteiger partial charge in [0.25, 0.3) is 5.91 Å². The predicted octanol–water partition coefficient (Wildman–Crippen LogP) is 5.88. The second kappa shape index (κ2) is 13.5. The van der Waals surface area contributed by atoms with E-state index in [1.54, 1.807) is 38.1 Å². The number of nitrogens with one attached hydrogen (secondary N) is 3. The van der Waals surface area contributed by atoms with E-state index in [2.05, 4.69) is 22.0 Å². The van der Waals surface area contributed by atoms with E-state index in [0.29, 0.717) is 38.8 Å². The molecule has 2 amide bonds. The summed E-state index contributed by atoms with van der Waals surface area (Å²) < 4.78 is 5.02. The lowest BCUT2D eigenvalue weighted by Crippen LogP contribution is -2.31. The number of dihydropyridines is 1. The highest BCUT2D eigenvalue weighted by Gasteiger charge is 2.34. The molecule has 41 heavy (non-hydrogen) atoms. The number of nitrogens with zero attached hydrogens (tertiary/aromatic N) is 1. The van der Waals surface area contributed by atoms with Crippen LogP contribution in [0.3, 0.4) is 0 Å². The van der Waals surface area contributed by atoms with Crippen molar-refractivity contribution in [1.82, 2.24) is 5.32 Å². The number of allylic oxidation sites excluding steroid dienone is 2. The normalized spacial score (nSPS) is 14.5. The SMILES string of the molecule is CCOC(=O)c1ccc(NC(=O)C2=C(C)NC(SCC(=O)Nc3cccc(C)c3)=C(C#N)[C@H]2c2ccccc2)cc1. The molecule has 3 aromatic carbocycles. The largest absolute Gasteiger partial charge is 0.462 e. The van der Waals surface area contributed by atoms with Crippen LogP contribution in [-0.2, 0) is 14.3 Å². The highest BCUT2D eigenvalue weighted by molar-refractivity contribution is 8.03. The van der Waals surface area contributed by atoms with E-state index in [0.717, 1.165) is 11.1 Å². The number of benzene rings is 3. The first-order valence-corrected chi connectivity index (χ1v) is 14.0. The number of anilines is 2. The molecule has 8 nitrogen and oxygen atoms in total. The molecule has 1 aliphatic rings. The van der Waals surface area contributed by atoms with Crippen LogP contribution in [0.2, 0.25) is 0 Å². The zero-order valence-electron chi connectivity index (χ0n) is 23.0. The highest BCUT2D eigenvalue weighted by Crippen LogP contribution is 2.41. The summed E-state index contributed by atoms with van der Waals surface area (Å²) in [6.07, 6.45) is 0. The van der Waals surface area contributed by atoms with Gasteiger partial charge in [-0.25, -0.2) is 4.79 Å². The van der Waals surface area contributed by atoms with Gasteiger partial charge in [0.05, 0.1) is 40.5 Å². The predicted molar refractivity (Wildman–Crippen MR) is 161 cm³/mol. The van der Waals surface area contributed by atoms with Gasteiger partial charge in [-0.15, -0.1) is 0 Å². The van der Waals surface area contributed by atoms with Gasteiger partial charge in [-0.3, -0.25) is 9.59 Å². The molecule has 0 saturated carbocycles. The number of hydrogen-bond acceptors (Lipinski definition) is 7. The van der Waals surface area contributed by atoms with E-state index in [-0.39, 0.29) is 24.2 Å². The number of rotatable bonds is 9. The minimum atomic E-state index is -0.649. The number of nitriles is 1. The molecule has 0 radical (unpaired) electrons. The van der Waals surface area contributed by atoms with Gasteiger partial charge in [-0.2, -0.15) is 5.26 Å². The van der Waals surface area contributed by atoms with Gasteiger partial charge in [0, 0.05) is 22.6 Å². The van der Waals surface area contributed by atoms with Crippen molar-refractivity contribution in [2.75, 3.05) is 23.0 Å². The summed E-state index contributed by atoms with van der Waals surface area (Å²) in [5, 5.41) is 19.8. The fraction of sp³-hybridized carbons (Fsp3) is 0.188. The van der Waals surface area contributed by atoms with Crippen molar-refractivity contribution in [3.05, 3.63) is 117 Å². The Bertz CT molecular complexity index is 1560. The molecule has 9 heteroatoms. The van der Waals surface area contributed by atoms with Crippen LogP contribution >= 0.6 is 11.8 Å². The van der Waals surface area contributed by atoms with Crippen molar-refractivity contribution in [1.29, 1.82) is 5.26 Å². The van der Waals surface area contributed by atoms with Crippen LogP contribution in [0.1, 0.15) is 41.3 Å². The van der Waals surface area contributed by atoms with Crippen LogP contribution in [0.4, 0.5) is 11.4 Å². The van der Waals surface area contributed by atoms with Crippen molar-refractivity contribution < 1.29 is 19.1 Å². The fourth-order valence-electron chi connectivity index (χ4n) is 4.47. The molecule has 0 fully saturated rings. The molecular formula is C32H30N4O4S. The van der Waals surface area contributed by atoms with Crippen molar-refractivity contribution >= 4 is 40.9 Å². The summed E-state index contributed by atoms with van der Waals surface area (Å²) in [4.78, 5) is 38.3. The Kier molecular flexibility index (Phi) is 9.61. The van der Waals surface area contributed by atoms with E-state index in [1.807, 2.05) is 61.5 Å². The summed E-state index contributed by atoms with van der Waals surface area (Å²) in [5.41, 5.74) is 4.68. The molecular weight excluding hydrogens is 536 g/mol. The highest BCUT2D eigenvalue weighted by atomic mass is 32.2. The molecule has 0 spiro atoms. The summed E-state index contributed by atoms with van der Waals surface area (Å²) in [7, 11) is 0. The van der Waals surface area contributed by atoms with Crippen LogP contribution in [-0.4, -0.2) is 30.1 Å². The standard InChI is InChI=1S/C32H30N4O4S/c1-4-40-32(39)23-13-15-24(16-14-23)36-30(38)28-21(3)34-31(26(18-33)29(28)22-10-6-5-7-11-22)41-19-27(37)35-25-12-8-9-20(2)17-25/h5-17,29,34H,4,19H2,1-3H3,(H,35,37)(H,36,38)/t29-/m1/s1. The minimum Gasteiger partial charge on any atom is -0.462 e. The molecule has 0 unspecified atom stereocenters. The quantitative estimate of drug-likeness (QED) is 0.277. The maximum atomic E-state index is 13.6. The van der Waals surface area contributed by atoms with Gasteiger partial charge in [0.15, 0.2) is 0 Å². The molecule has 1 heterocycles. The Hall–Kier alpha value is -4.81. The number of ether oxygens (including phenoxy) is 1. The van der Waals surface area contributed by atoms with E-state index >= 15 is 0 Å². The summed E-state index contributed by atoms with van der Waals surface area (Å²) in [6.45, 7) is 5.73. The zero-order chi connectivity index (χ0) is 29.4. The number of thioether (sulfide) groups is 1. The lowest BCUT2D eigenvalue weighted by molar-refractivity contribution is -0.114. The Labute approximate surface area is 243 Å². The van der Waals surface area contributed by atoms with Gasteiger partial charge < -0.3 is 20.7 Å². The molecule has 1 aliphatic heterocycles. The smallest absolute Gasteiger partial charge is 0.338 e. The van der Waals surface area contributed by atoms with Crippen molar-refractivity contribution in [2.24, 2.45) is 0 Å². The topological polar surface area (TPSA) is 120 Å². The van der Waals surface area contributed by atoms with Crippen LogP contribution in [0, 0.1) is 18.3 Å². The van der Waals surface area contributed by atoms with Crippen molar-refractivity contribution in [3.63, 3.8) is 0 Å². The van der Waals surface area contributed by atoms with E-state index in [9.17, 15) is 19.6 Å². The number of amides is 2. The number of hydrogen-bond donors (Lipinski definition) is 3. The van der Waals surface area contributed by atoms with E-state index < -0.39 is 11.9 Å². The first-order valence-electron chi connectivity index (χ1n) is 13.1.